The fourth-order valence-electron chi connectivity index (χ4n) is 2.00. The molecule has 3 rings (SSSR count). The minimum atomic E-state index is 0.00742. The quantitative estimate of drug-likeness (QED) is 0.463. The number of rotatable bonds is 6. The molecule has 8 heteroatoms. The smallest absolute Gasteiger partial charge is 0.214 e. The van der Waals surface area contributed by atoms with Crippen LogP contribution in [0, 0.1) is 0 Å². The summed E-state index contributed by atoms with van der Waals surface area (Å²) < 4.78 is 7.68. The first kappa shape index (κ1) is 16.7. The average molecular weight is 405 g/mol. The van der Waals surface area contributed by atoms with Crippen molar-refractivity contribution in [1.82, 2.24) is 20.2 Å². The number of benzene rings is 2. The van der Waals surface area contributed by atoms with Crippen molar-refractivity contribution in [1.29, 1.82) is 0 Å². The van der Waals surface area contributed by atoms with Crippen LogP contribution in [0.1, 0.15) is 10.4 Å². The summed E-state index contributed by atoms with van der Waals surface area (Å²) in [6, 6.07) is 14.7. The number of ether oxygens (including phenoxy) is 1. The molecule has 0 radical (unpaired) electrons. The van der Waals surface area contributed by atoms with Crippen LogP contribution in [0.3, 0.4) is 0 Å². The van der Waals surface area contributed by atoms with Gasteiger partial charge in [-0.15, -0.1) is 5.10 Å². The van der Waals surface area contributed by atoms with Crippen molar-refractivity contribution < 1.29 is 9.53 Å². The summed E-state index contributed by atoms with van der Waals surface area (Å²) in [5.74, 6) is 0.981. The molecule has 0 spiro atoms. The Bertz CT molecular complexity index is 834. The third-order valence-corrected chi connectivity index (χ3v) is 4.70. The molecule has 0 saturated heterocycles. The van der Waals surface area contributed by atoms with E-state index in [1.165, 1.54) is 11.8 Å². The van der Waals surface area contributed by atoms with Crippen LogP contribution >= 0.6 is 27.7 Å². The fourth-order valence-corrected chi connectivity index (χ4v) is 3.05. The van der Waals surface area contributed by atoms with E-state index in [1.54, 1.807) is 36.1 Å². The van der Waals surface area contributed by atoms with Crippen LogP contribution in [0.4, 0.5) is 0 Å². The van der Waals surface area contributed by atoms with E-state index in [-0.39, 0.29) is 11.5 Å². The molecule has 2 aromatic carbocycles. The lowest BCUT2D eigenvalue weighted by atomic mass is 10.1. The highest BCUT2D eigenvalue weighted by molar-refractivity contribution is 9.10. The van der Waals surface area contributed by atoms with Gasteiger partial charge in [0.1, 0.15) is 5.75 Å². The first-order valence-corrected chi connectivity index (χ1v) is 8.79. The molecule has 0 amide bonds. The minimum absolute atomic E-state index is 0.00742. The second-order valence-corrected chi connectivity index (χ2v) is 6.65. The zero-order valence-electron chi connectivity index (χ0n) is 12.7. The average Bonchev–Trinajstić information content (AvgIpc) is 3.09. The molecule has 0 unspecified atom stereocenters. The standard InChI is InChI=1S/C16H13BrN4O2S/c1-23-14-8-2-11(3-9-14)15(22)10-24-16-18-19-20-21(16)13-6-4-12(17)5-7-13/h2-9H,10H2,1H3. The molecule has 0 fully saturated rings. The van der Waals surface area contributed by atoms with Gasteiger partial charge in [-0.2, -0.15) is 4.68 Å². The number of ketones is 1. The van der Waals surface area contributed by atoms with Crippen LogP contribution in [0.5, 0.6) is 5.75 Å². The van der Waals surface area contributed by atoms with E-state index in [0.29, 0.717) is 10.7 Å². The SMILES string of the molecule is COc1ccc(C(=O)CSc2nnnn2-c2ccc(Br)cc2)cc1. The maximum atomic E-state index is 12.3. The highest BCUT2D eigenvalue weighted by Gasteiger charge is 2.13. The van der Waals surface area contributed by atoms with E-state index in [0.717, 1.165) is 15.9 Å². The van der Waals surface area contributed by atoms with Gasteiger partial charge in [0.2, 0.25) is 5.16 Å². The molecule has 3 aromatic rings. The molecule has 0 atom stereocenters. The van der Waals surface area contributed by atoms with Crippen LogP contribution in [-0.2, 0) is 0 Å². The van der Waals surface area contributed by atoms with Gasteiger partial charge in [0.05, 0.1) is 18.6 Å². The van der Waals surface area contributed by atoms with E-state index in [2.05, 4.69) is 31.5 Å². The van der Waals surface area contributed by atoms with Gasteiger partial charge >= 0.3 is 0 Å². The maximum absolute atomic E-state index is 12.3. The number of thioether (sulfide) groups is 1. The number of nitrogens with zero attached hydrogens (tertiary/aromatic N) is 4. The minimum Gasteiger partial charge on any atom is -0.497 e. The zero-order chi connectivity index (χ0) is 16.9. The topological polar surface area (TPSA) is 69.9 Å². The predicted molar refractivity (Wildman–Crippen MR) is 94.9 cm³/mol. The number of tetrazole rings is 1. The van der Waals surface area contributed by atoms with E-state index in [1.807, 2.05) is 24.3 Å². The molecule has 0 N–H and O–H groups in total. The van der Waals surface area contributed by atoms with Gasteiger partial charge in [-0.3, -0.25) is 4.79 Å². The normalized spacial score (nSPS) is 10.6. The van der Waals surface area contributed by atoms with Crippen molar-refractivity contribution in [3.05, 3.63) is 58.6 Å². The largest absolute Gasteiger partial charge is 0.497 e. The number of hydrogen-bond acceptors (Lipinski definition) is 6. The van der Waals surface area contributed by atoms with Crippen molar-refractivity contribution in [2.75, 3.05) is 12.9 Å². The summed E-state index contributed by atoms with van der Waals surface area (Å²) in [5.41, 5.74) is 1.47. The van der Waals surface area contributed by atoms with E-state index in [4.69, 9.17) is 4.74 Å². The molecule has 0 aliphatic carbocycles. The molecule has 6 nitrogen and oxygen atoms in total. The number of Topliss-reactive ketones (excluding diaryl/α,β-unsaturated/α-hetero) is 1. The van der Waals surface area contributed by atoms with Gasteiger partial charge in [-0.05, 0) is 59.0 Å². The van der Waals surface area contributed by atoms with Crippen LogP contribution in [0.2, 0.25) is 0 Å². The van der Waals surface area contributed by atoms with Gasteiger partial charge in [0.25, 0.3) is 0 Å². The number of methoxy groups -OCH3 is 1. The van der Waals surface area contributed by atoms with Gasteiger partial charge in [0, 0.05) is 10.0 Å². The Morgan fingerprint density at radius 2 is 1.88 bits per heavy atom. The summed E-state index contributed by atoms with van der Waals surface area (Å²) in [7, 11) is 1.59. The van der Waals surface area contributed by atoms with E-state index < -0.39 is 0 Å². The molecule has 0 saturated carbocycles. The molecule has 0 bridgehead atoms. The number of carbonyl (C=O) groups is 1. The van der Waals surface area contributed by atoms with Crippen LogP contribution in [0.25, 0.3) is 5.69 Å². The van der Waals surface area contributed by atoms with Crippen LogP contribution in [-0.4, -0.2) is 38.9 Å². The number of halogens is 1. The predicted octanol–water partition coefficient (Wildman–Crippen LogP) is 3.41. The molecule has 24 heavy (non-hydrogen) atoms. The number of carbonyl (C=O) groups excluding carboxylic acids is 1. The second-order valence-electron chi connectivity index (χ2n) is 4.79. The Kier molecular flexibility index (Phi) is 5.27. The molecular formula is C16H13BrN4O2S. The Hall–Kier alpha value is -2.19. The maximum Gasteiger partial charge on any atom is 0.214 e. The lowest BCUT2D eigenvalue weighted by Crippen LogP contribution is -2.05. The summed E-state index contributed by atoms with van der Waals surface area (Å²) in [6.07, 6.45) is 0. The number of aromatic nitrogens is 4. The zero-order valence-corrected chi connectivity index (χ0v) is 15.1. The van der Waals surface area contributed by atoms with Crippen molar-refractivity contribution >= 4 is 33.5 Å². The van der Waals surface area contributed by atoms with Crippen molar-refractivity contribution in [2.45, 2.75) is 5.16 Å². The molecule has 0 aliphatic heterocycles. The first-order chi connectivity index (χ1) is 11.7. The molecular weight excluding hydrogens is 392 g/mol. The molecule has 1 heterocycles. The lowest BCUT2D eigenvalue weighted by Gasteiger charge is -2.05. The Morgan fingerprint density at radius 3 is 2.54 bits per heavy atom. The van der Waals surface area contributed by atoms with Crippen molar-refractivity contribution in [3.8, 4) is 11.4 Å². The molecule has 122 valence electrons. The fraction of sp³-hybridized carbons (Fsp3) is 0.125. The van der Waals surface area contributed by atoms with E-state index >= 15 is 0 Å². The van der Waals surface area contributed by atoms with Crippen molar-refractivity contribution in [3.63, 3.8) is 0 Å². The second kappa shape index (κ2) is 7.59. The molecule has 1 aromatic heterocycles. The van der Waals surface area contributed by atoms with Crippen molar-refractivity contribution in [2.24, 2.45) is 0 Å². The van der Waals surface area contributed by atoms with Crippen LogP contribution in [0.15, 0.2) is 58.2 Å². The van der Waals surface area contributed by atoms with Gasteiger partial charge in [-0.1, -0.05) is 27.7 Å². The Balaban J connectivity index is 1.69. The van der Waals surface area contributed by atoms with E-state index in [9.17, 15) is 4.79 Å². The third kappa shape index (κ3) is 3.82. The summed E-state index contributed by atoms with van der Waals surface area (Å²) in [5, 5.41) is 12.2. The van der Waals surface area contributed by atoms with Gasteiger partial charge in [0.15, 0.2) is 5.78 Å². The molecule has 0 aliphatic rings. The van der Waals surface area contributed by atoms with Crippen LogP contribution < -0.4 is 4.74 Å². The van der Waals surface area contributed by atoms with Gasteiger partial charge in [-0.25, -0.2) is 0 Å². The Labute approximate surface area is 151 Å². The summed E-state index contributed by atoms with van der Waals surface area (Å²) in [4.78, 5) is 12.3. The number of hydrogen-bond donors (Lipinski definition) is 0. The highest BCUT2D eigenvalue weighted by Crippen LogP contribution is 2.21. The van der Waals surface area contributed by atoms with Gasteiger partial charge < -0.3 is 4.74 Å². The Morgan fingerprint density at radius 1 is 1.17 bits per heavy atom. The first-order valence-electron chi connectivity index (χ1n) is 7.02. The highest BCUT2D eigenvalue weighted by atomic mass is 79.9. The summed E-state index contributed by atoms with van der Waals surface area (Å²) >= 11 is 4.69. The summed E-state index contributed by atoms with van der Waals surface area (Å²) in [6.45, 7) is 0. The third-order valence-electron chi connectivity index (χ3n) is 3.26. The lowest BCUT2D eigenvalue weighted by molar-refractivity contribution is 0.102. The monoisotopic (exact) mass is 404 g/mol.